The van der Waals surface area contributed by atoms with Crippen molar-refractivity contribution >= 4 is 0 Å². The Kier molecular flexibility index (Phi) is 0.675. The van der Waals surface area contributed by atoms with Gasteiger partial charge in [-0.1, -0.05) is 0 Å². The van der Waals surface area contributed by atoms with Crippen molar-refractivity contribution in [2.75, 3.05) is 0 Å². The van der Waals surface area contributed by atoms with Crippen molar-refractivity contribution in [3.63, 3.8) is 0 Å². The molecule has 0 unspecified atom stereocenters. The van der Waals surface area contributed by atoms with Crippen LogP contribution < -0.4 is 0 Å². The van der Waals surface area contributed by atoms with Gasteiger partial charge < -0.3 is 4.98 Å². The van der Waals surface area contributed by atoms with E-state index in [-0.39, 0.29) is 0 Å². The van der Waals surface area contributed by atoms with Gasteiger partial charge in [0.05, 0.1) is 6.20 Å². The van der Waals surface area contributed by atoms with Gasteiger partial charge in [0.15, 0.2) is 0 Å². The van der Waals surface area contributed by atoms with E-state index < -0.39 is 0 Å². The Morgan fingerprint density at radius 3 is 2.83 bits per heavy atom. The molecule has 1 heterocycles. The molecule has 0 saturated heterocycles. The highest BCUT2D eigenvalue weighted by Crippen LogP contribution is 1.86. The lowest BCUT2D eigenvalue weighted by Gasteiger charge is -1.64. The second-order valence-corrected chi connectivity index (χ2v) is 1.22. The summed E-state index contributed by atoms with van der Waals surface area (Å²) in [7, 11) is 0. The first-order chi connectivity index (χ1) is 2.89. The summed E-state index contributed by atoms with van der Waals surface area (Å²) in [4.78, 5) is 2.75. The number of rotatable bonds is 0. The van der Waals surface area contributed by atoms with E-state index in [1.165, 1.54) is 0 Å². The number of aryl methyl sites for hydroxylation is 1. The Morgan fingerprint density at radius 1 is 1.83 bits per heavy atom. The lowest BCUT2D eigenvalue weighted by atomic mass is 10.4. The Balaban J connectivity index is 3.05. The predicted octanol–water partition coefficient (Wildman–Crippen LogP) is 0.923. The lowest BCUT2D eigenvalue weighted by Crippen LogP contribution is -1.51. The van der Waals surface area contributed by atoms with Gasteiger partial charge in [0.2, 0.25) is 0 Å². The maximum Gasteiger partial charge on any atom is 0.0709 e. The van der Waals surface area contributed by atoms with Gasteiger partial charge in [0, 0.05) is 12.3 Å². The first-order valence-corrected chi connectivity index (χ1v) is 1.83. The average Bonchev–Trinajstić information content (AvgIpc) is 1.86. The highest BCUT2D eigenvalue weighted by Gasteiger charge is 1.75. The number of aromatic nitrogens is 1. The van der Waals surface area contributed by atoms with Gasteiger partial charge in [0.25, 0.3) is 0 Å². The quantitative estimate of drug-likeness (QED) is 0.476. The van der Waals surface area contributed by atoms with Gasteiger partial charge in [-0.25, -0.2) is 0 Å². The number of nitrogens with one attached hydrogen (secondary N) is 1. The summed E-state index contributed by atoms with van der Waals surface area (Å²) < 4.78 is 0. The third kappa shape index (κ3) is 0.432. The SMILES string of the molecule is Cc1[c][c][nH]c1. The van der Waals surface area contributed by atoms with Gasteiger partial charge >= 0.3 is 0 Å². The fraction of sp³-hybridized carbons (Fsp3) is 0.200. The molecule has 0 atom stereocenters. The zero-order valence-corrected chi connectivity index (χ0v) is 3.58. The molecule has 1 aromatic rings. The van der Waals surface area contributed by atoms with E-state index >= 15 is 0 Å². The largest absolute Gasteiger partial charge is 0.359 e. The van der Waals surface area contributed by atoms with Gasteiger partial charge in [-0.3, -0.25) is 0 Å². The number of hydrogen-bond acceptors (Lipinski definition) is 0. The summed E-state index contributed by atoms with van der Waals surface area (Å²) in [6.45, 7) is 1.97. The zero-order chi connectivity index (χ0) is 4.41. The third-order valence-electron chi connectivity index (χ3n) is 0.621. The van der Waals surface area contributed by atoms with Crippen LogP contribution in [0.5, 0.6) is 0 Å². The van der Waals surface area contributed by atoms with E-state index in [2.05, 4.69) is 17.2 Å². The molecule has 0 bridgehead atoms. The first kappa shape index (κ1) is 3.47. The Labute approximate surface area is 37.0 Å². The van der Waals surface area contributed by atoms with Crippen molar-refractivity contribution in [3.8, 4) is 0 Å². The normalized spacial score (nSPS) is 8.83. The molecule has 0 aromatic carbocycles. The molecule has 0 aliphatic carbocycles. The minimum atomic E-state index is 1.11. The summed E-state index contributed by atoms with van der Waals surface area (Å²) in [6.07, 6.45) is 4.53. The standard InChI is InChI=1S/C5H5N/c1-5-2-3-6-4-5/h4,6H,1H3. The predicted molar refractivity (Wildman–Crippen MR) is 23.2 cm³/mol. The molecule has 2 radical (unpaired) electrons. The zero-order valence-electron chi connectivity index (χ0n) is 3.58. The van der Waals surface area contributed by atoms with Crippen LogP contribution in [0.1, 0.15) is 5.56 Å². The highest BCUT2D eigenvalue weighted by molar-refractivity contribution is 5.00. The van der Waals surface area contributed by atoms with E-state index in [1.54, 1.807) is 0 Å². The third-order valence-corrected chi connectivity index (χ3v) is 0.621. The van der Waals surface area contributed by atoms with Crippen LogP contribution in [0.25, 0.3) is 0 Å². The molecule has 1 rings (SSSR count). The Bertz CT molecular complexity index is 107. The van der Waals surface area contributed by atoms with Gasteiger partial charge in [-0.2, -0.15) is 0 Å². The van der Waals surface area contributed by atoms with E-state index in [0.717, 1.165) is 5.56 Å². The molecule has 0 amide bonds. The molecule has 0 saturated carbocycles. The van der Waals surface area contributed by atoms with E-state index in [9.17, 15) is 0 Å². The van der Waals surface area contributed by atoms with Crippen LogP contribution in [0.4, 0.5) is 0 Å². The topological polar surface area (TPSA) is 15.8 Å². The molecule has 6 heavy (non-hydrogen) atoms. The molecule has 1 aromatic heterocycles. The highest BCUT2D eigenvalue weighted by atomic mass is 14.6. The fourth-order valence-corrected chi connectivity index (χ4v) is 0.315. The Hall–Kier alpha value is -0.720. The molecule has 0 spiro atoms. The van der Waals surface area contributed by atoms with Crippen LogP contribution in [0.2, 0.25) is 0 Å². The van der Waals surface area contributed by atoms with Crippen molar-refractivity contribution < 1.29 is 0 Å². The van der Waals surface area contributed by atoms with Crippen LogP contribution in [0, 0.1) is 19.2 Å². The summed E-state index contributed by atoms with van der Waals surface area (Å²) in [5.74, 6) is 0. The number of hydrogen-bond donors (Lipinski definition) is 1. The summed E-state index contributed by atoms with van der Waals surface area (Å²) in [5.41, 5.74) is 1.11. The van der Waals surface area contributed by atoms with Gasteiger partial charge in [-0.15, -0.1) is 0 Å². The average molecular weight is 79.1 g/mol. The molecule has 0 aliphatic rings. The van der Waals surface area contributed by atoms with E-state index in [0.29, 0.717) is 0 Å². The molecule has 30 valence electrons. The molecule has 1 nitrogen and oxygen atoms in total. The van der Waals surface area contributed by atoms with Crippen LogP contribution in [0.15, 0.2) is 6.20 Å². The fourth-order valence-electron chi connectivity index (χ4n) is 0.315. The molecule has 1 heteroatoms. The number of H-pyrrole nitrogens is 1. The minimum absolute atomic E-state index is 1.11. The van der Waals surface area contributed by atoms with Crippen LogP contribution in [-0.4, -0.2) is 4.98 Å². The summed E-state index contributed by atoms with van der Waals surface area (Å²) >= 11 is 0. The lowest BCUT2D eigenvalue weighted by molar-refractivity contribution is 1.38. The van der Waals surface area contributed by atoms with Crippen molar-refractivity contribution in [3.05, 3.63) is 24.0 Å². The summed E-state index contributed by atoms with van der Waals surface area (Å²) in [5, 5.41) is 0. The molecular weight excluding hydrogens is 74.1 g/mol. The molecule has 1 N–H and O–H groups in total. The molecular formula is C5H5N. The smallest absolute Gasteiger partial charge is 0.0709 e. The second-order valence-electron chi connectivity index (χ2n) is 1.22. The second kappa shape index (κ2) is 1.17. The minimum Gasteiger partial charge on any atom is -0.359 e. The van der Waals surface area contributed by atoms with Gasteiger partial charge in [-0.05, 0) is 12.5 Å². The van der Waals surface area contributed by atoms with E-state index in [4.69, 9.17) is 0 Å². The van der Waals surface area contributed by atoms with Gasteiger partial charge in [0.1, 0.15) is 0 Å². The first-order valence-electron chi connectivity index (χ1n) is 1.83. The maximum atomic E-state index is 2.82. The van der Waals surface area contributed by atoms with Crippen LogP contribution >= 0.6 is 0 Å². The van der Waals surface area contributed by atoms with Crippen LogP contribution in [0.3, 0.4) is 0 Å². The molecule has 0 aliphatic heterocycles. The summed E-state index contributed by atoms with van der Waals surface area (Å²) in [6, 6.07) is 2.82. The van der Waals surface area contributed by atoms with Crippen molar-refractivity contribution in [1.82, 2.24) is 4.98 Å². The Morgan fingerprint density at radius 2 is 2.67 bits per heavy atom. The van der Waals surface area contributed by atoms with Crippen molar-refractivity contribution in [2.24, 2.45) is 0 Å². The van der Waals surface area contributed by atoms with Crippen LogP contribution in [-0.2, 0) is 0 Å². The van der Waals surface area contributed by atoms with E-state index in [1.807, 2.05) is 13.1 Å². The number of aromatic amines is 1. The maximum absolute atomic E-state index is 2.82. The van der Waals surface area contributed by atoms with Crippen molar-refractivity contribution in [2.45, 2.75) is 6.92 Å². The monoisotopic (exact) mass is 79.0 g/mol. The molecule has 0 fully saturated rings. The van der Waals surface area contributed by atoms with Crippen molar-refractivity contribution in [1.29, 1.82) is 0 Å².